The summed E-state index contributed by atoms with van der Waals surface area (Å²) < 4.78 is 12.5. The largest absolute Gasteiger partial charge is 0.508 e. The lowest BCUT2D eigenvalue weighted by Crippen LogP contribution is -2.81. The van der Waals surface area contributed by atoms with Gasteiger partial charge in [0.2, 0.25) is 0 Å². The number of hydrogen-bond acceptors (Lipinski definition) is 5. The van der Waals surface area contributed by atoms with Crippen molar-refractivity contribution in [1.29, 1.82) is 0 Å². The van der Waals surface area contributed by atoms with Crippen LogP contribution in [-0.2, 0) is 21.3 Å². The molecule has 3 heterocycles. The van der Waals surface area contributed by atoms with Crippen LogP contribution in [0.15, 0.2) is 18.2 Å². The van der Waals surface area contributed by atoms with Gasteiger partial charge in [0.25, 0.3) is 0 Å². The molecule has 3 aliphatic carbocycles. The Morgan fingerprint density at radius 2 is 2.09 bits per heavy atom. The van der Waals surface area contributed by atoms with Crippen LogP contribution in [0, 0.1) is 5.92 Å². The zero-order valence-electron chi connectivity index (χ0n) is 19.6. The van der Waals surface area contributed by atoms with Gasteiger partial charge in [-0.3, -0.25) is 4.90 Å². The highest BCUT2D eigenvalue weighted by molar-refractivity contribution is 5.69. The molecule has 1 spiro atoms. The van der Waals surface area contributed by atoms with E-state index in [1.54, 1.807) is 0 Å². The van der Waals surface area contributed by atoms with E-state index >= 15 is 0 Å². The molecule has 1 aromatic carbocycles. The molecule has 4 atom stereocenters. The SMILES string of the molecule is CC(C)(C)OC(=O)NC12CC[C@@]3(OC1)[C@H]1Cc4ccc(O)cc4[C@@]3(CCN1CC1CC1)C2. The van der Waals surface area contributed by atoms with Crippen molar-refractivity contribution in [3.8, 4) is 5.75 Å². The van der Waals surface area contributed by atoms with Gasteiger partial charge in [-0.2, -0.15) is 0 Å². The predicted molar refractivity (Wildman–Crippen MR) is 121 cm³/mol. The molecule has 4 bridgehead atoms. The maximum atomic E-state index is 12.8. The summed E-state index contributed by atoms with van der Waals surface area (Å²) in [7, 11) is 0. The van der Waals surface area contributed by atoms with Gasteiger partial charge in [-0.1, -0.05) is 6.07 Å². The number of phenolic OH excluding ortho intramolecular Hbond substituents is 1. The van der Waals surface area contributed by atoms with Gasteiger partial charge in [0, 0.05) is 18.0 Å². The molecule has 1 amide bonds. The fourth-order valence-electron chi connectivity index (χ4n) is 7.41. The van der Waals surface area contributed by atoms with Crippen LogP contribution in [0.2, 0.25) is 0 Å². The highest BCUT2D eigenvalue weighted by Gasteiger charge is 2.71. The summed E-state index contributed by atoms with van der Waals surface area (Å²) in [4.78, 5) is 15.5. The second kappa shape index (κ2) is 6.63. The summed E-state index contributed by atoms with van der Waals surface area (Å²) in [5.41, 5.74) is 1.20. The van der Waals surface area contributed by atoms with Gasteiger partial charge in [-0.05, 0) is 101 Å². The number of amides is 1. The number of phenols is 1. The second-order valence-electron chi connectivity index (χ2n) is 12.1. The van der Waals surface area contributed by atoms with E-state index in [1.807, 2.05) is 32.9 Å². The Bertz CT molecular complexity index is 942. The zero-order valence-corrected chi connectivity index (χ0v) is 19.6. The smallest absolute Gasteiger partial charge is 0.408 e. The van der Waals surface area contributed by atoms with E-state index in [4.69, 9.17) is 9.47 Å². The number of fused-ring (bicyclic) bond motifs is 3. The van der Waals surface area contributed by atoms with Crippen LogP contribution in [0.4, 0.5) is 4.79 Å². The fourth-order valence-corrected chi connectivity index (χ4v) is 7.41. The van der Waals surface area contributed by atoms with Gasteiger partial charge in [-0.15, -0.1) is 0 Å². The van der Waals surface area contributed by atoms with E-state index in [1.165, 1.54) is 30.5 Å². The van der Waals surface area contributed by atoms with Crippen LogP contribution >= 0.6 is 0 Å². The van der Waals surface area contributed by atoms with E-state index in [0.29, 0.717) is 18.4 Å². The monoisotopic (exact) mass is 440 g/mol. The van der Waals surface area contributed by atoms with Crippen molar-refractivity contribution in [2.75, 3.05) is 19.7 Å². The number of piperidine rings is 1. The van der Waals surface area contributed by atoms with Crippen LogP contribution in [-0.4, -0.2) is 58.6 Å². The van der Waals surface area contributed by atoms with Gasteiger partial charge < -0.3 is 19.9 Å². The Kier molecular flexibility index (Phi) is 4.31. The molecule has 0 radical (unpaired) electrons. The zero-order chi connectivity index (χ0) is 22.4. The number of alkyl carbamates (subject to hydrolysis) is 1. The van der Waals surface area contributed by atoms with Gasteiger partial charge in [-0.25, -0.2) is 4.79 Å². The summed E-state index contributed by atoms with van der Waals surface area (Å²) in [6.45, 7) is 8.46. The Hall–Kier alpha value is -1.79. The molecule has 2 N–H and O–H groups in total. The molecular formula is C26H36N2O4. The summed E-state index contributed by atoms with van der Waals surface area (Å²) in [5.74, 6) is 1.17. The van der Waals surface area contributed by atoms with Crippen LogP contribution in [0.3, 0.4) is 0 Å². The van der Waals surface area contributed by atoms with E-state index < -0.39 is 11.1 Å². The van der Waals surface area contributed by atoms with Crippen LogP contribution in [0.1, 0.15) is 70.4 Å². The van der Waals surface area contributed by atoms with Crippen LogP contribution < -0.4 is 5.32 Å². The second-order valence-corrected chi connectivity index (χ2v) is 12.1. The van der Waals surface area contributed by atoms with Crippen molar-refractivity contribution in [2.24, 2.45) is 5.92 Å². The molecule has 6 aliphatic rings. The number of aromatic hydroxyl groups is 1. The number of likely N-dealkylation sites (tertiary alicyclic amines) is 1. The van der Waals surface area contributed by atoms with E-state index in [9.17, 15) is 9.90 Å². The average molecular weight is 441 g/mol. The molecule has 6 heteroatoms. The first-order valence-electron chi connectivity index (χ1n) is 12.4. The lowest BCUT2D eigenvalue weighted by molar-refractivity contribution is -0.262. The molecule has 0 aromatic heterocycles. The number of ether oxygens (including phenoxy) is 2. The summed E-state index contributed by atoms with van der Waals surface area (Å²) >= 11 is 0. The van der Waals surface area contributed by atoms with E-state index in [-0.39, 0.29) is 17.1 Å². The fraction of sp³-hybridized carbons (Fsp3) is 0.731. The van der Waals surface area contributed by atoms with Gasteiger partial charge in [0.1, 0.15) is 11.4 Å². The highest BCUT2D eigenvalue weighted by Crippen LogP contribution is 2.65. The Morgan fingerprint density at radius 1 is 1.28 bits per heavy atom. The van der Waals surface area contributed by atoms with Crippen molar-refractivity contribution in [3.63, 3.8) is 0 Å². The first-order valence-corrected chi connectivity index (χ1v) is 12.4. The van der Waals surface area contributed by atoms with Crippen molar-refractivity contribution in [3.05, 3.63) is 29.3 Å². The molecule has 3 aliphatic heterocycles. The van der Waals surface area contributed by atoms with Gasteiger partial charge in [0.15, 0.2) is 0 Å². The predicted octanol–water partition coefficient (Wildman–Crippen LogP) is 3.89. The standard InChI is InChI=1S/C26H36N2O4/c1-23(2,3)32-22(30)27-24-8-9-26(31-16-24)21-12-18-6-7-19(29)13-20(18)25(26,15-24)10-11-28(21)14-17-4-5-17/h6-7,13,17,21,29H,4-5,8-12,14-16H2,1-3H3,(H,27,30)/t21-,24?,25-,26-/m1/s1. The lowest BCUT2D eigenvalue weighted by Gasteiger charge is -2.71. The average Bonchev–Trinajstić information content (AvgIpc) is 3.53. The van der Waals surface area contributed by atoms with E-state index in [0.717, 1.165) is 44.6 Å². The molecule has 3 saturated heterocycles. The molecule has 5 fully saturated rings. The number of hydrogen-bond donors (Lipinski definition) is 2. The summed E-state index contributed by atoms with van der Waals surface area (Å²) in [5, 5.41) is 13.7. The topological polar surface area (TPSA) is 71.0 Å². The molecule has 32 heavy (non-hydrogen) atoms. The number of nitrogens with one attached hydrogen (secondary N) is 1. The Balaban J connectivity index is 1.39. The summed E-state index contributed by atoms with van der Waals surface area (Å²) in [6, 6.07) is 6.29. The molecule has 2 saturated carbocycles. The first-order chi connectivity index (χ1) is 15.1. The summed E-state index contributed by atoms with van der Waals surface area (Å²) in [6.07, 6.45) is 7.04. The Morgan fingerprint density at radius 3 is 2.78 bits per heavy atom. The van der Waals surface area contributed by atoms with Crippen molar-refractivity contribution in [2.45, 2.75) is 93.9 Å². The maximum Gasteiger partial charge on any atom is 0.408 e. The normalized spacial score (nSPS) is 38.0. The highest BCUT2D eigenvalue weighted by atomic mass is 16.6. The third kappa shape index (κ3) is 3.02. The van der Waals surface area contributed by atoms with E-state index in [2.05, 4.69) is 16.3 Å². The number of benzene rings is 1. The first kappa shape index (κ1) is 20.8. The number of carbonyl (C=O) groups is 1. The number of carbonyl (C=O) groups excluding carboxylic acids is 1. The quantitative estimate of drug-likeness (QED) is 0.746. The van der Waals surface area contributed by atoms with Crippen LogP contribution in [0.5, 0.6) is 5.75 Å². The van der Waals surface area contributed by atoms with Crippen molar-refractivity contribution >= 4 is 6.09 Å². The van der Waals surface area contributed by atoms with Crippen molar-refractivity contribution in [1.82, 2.24) is 10.2 Å². The minimum Gasteiger partial charge on any atom is -0.508 e. The molecular weight excluding hydrogens is 404 g/mol. The third-order valence-corrected chi connectivity index (χ3v) is 8.81. The maximum absolute atomic E-state index is 12.8. The minimum absolute atomic E-state index is 0.185. The van der Waals surface area contributed by atoms with Crippen LogP contribution in [0.25, 0.3) is 0 Å². The number of rotatable bonds is 3. The van der Waals surface area contributed by atoms with Gasteiger partial charge in [0.05, 0.1) is 17.7 Å². The molecule has 1 aromatic rings. The lowest BCUT2D eigenvalue weighted by atomic mass is 9.45. The van der Waals surface area contributed by atoms with Gasteiger partial charge >= 0.3 is 6.09 Å². The molecule has 6 nitrogen and oxygen atoms in total. The molecule has 7 rings (SSSR count). The molecule has 1 unspecified atom stereocenters. The minimum atomic E-state index is -0.532. The number of nitrogens with zero attached hydrogens (tertiary/aromatic N) is 1. The van der Waals surface area contributed by atoms with Crippen molar-refractivity contribution < 1.29 is 19.4 Å². The Labute approximate surface area is 190 Å². The third-order valence-electron chi connectivity index (χ3n) is 8.81. The molecule has 174 valence electrons.